The molecule has 1 saturated carbocycles. The van der Waals surface area contributed by atoms with Gasteiger partial charge in [-0.3, -0.25) is 0 Å². The van der Waals surface area contributed by atoms with Crippen molar-refractivity contribution in [3.05, 3.63) is 16.0 Å². The van der Waals surface area contributed by atoms with Gasteiger partial charge in [0.2, 0.25) is 0 Å². The third-order valence-electron chi connectivity index (χ3n) is 2.78. The van der Waals surface area contributed by atoms with Crippen molar-refractivity contribution < 1.29 is 0 Å². The number of aromatic nitrogens is 2. The van der Waals surface area contributed by atoms with Crippen LogP contribution in [0.15, 0.2) is 10.8 Å². The summed E-state index contributed by atoms with van der Waals surface area (Å²) in [5.74, 6) is 1.60. The standard InChI is InChI=1S/C10H13BrClN3/c1-6-2-3-7(4-6)15-10-8(11)9(12)13-5-14-10/h5-7H,2-4H2,1H3,(H,13,14,15). The Hall–Kier alpha value is -0.350. The van der Waals surface area contributed by atoms with Crippen LogP contribution in [0, 0.1) is 5.92 Å². The fourth-order valence-corrected chi connectivity index (χ4v) is 2.43. The molecule has 1 aromatic rings. The van der Waals surface area contributed by atoms with Gasteiger partial charge < -0.3 is 5.32 Å². The van der Waals surface area contributed by atoms with E-state index in [1.807, 2.05) is 0 Å². The van der Waals surface area contributed by atoms with E-state index >= 15 is 0 Å². The van der Waals surface area contributed by atoms with Gasteiger partial charge in [0.1, 0.15) is 17.3 Å². The Balaban J connectivity index is 2.07. The molecule has 2 atom stereocenters. The lowest BCUT2D eigenvalue weighted by Gasteiger charge is -2.14. The average molecular weight is 291 g/mol. The van der Waals surface area contributed by atoms with Gasteiger partial charge in [0.05, 0.1) is 4.47 Å². The van der Waals surface area contributed by atoms with Gasteiger partial charge in [0, 0.05) is 6.04 Å². The number of nitrogens with zero attached hydrogens (tertiary/aromatic N) is 2. The van der Waals surface area contributed by atoms with Gasteiger partial charge in [-0.15, -0.1) is 0 Å². The first-order valence-electron chi connectivity index (χ1n) is 5.09. The molecule has 0 aliphatic heterocycles. The van der Waals surface area contributed by atoms with Crippen LogP contribution in [0.25, 0.3) is 0 Å². The van der Waals surface area contributed by atoms with Crippen LogP contribution in [0.2, 0.25) is 5.15 Å². The maximum absolute atomic E-state index is 5.89. The monoisotopic (exact) mass is 289 g/mol. The van der Waals surface area contributed by atoms with Crippen molar-refractivity contribution >= 4 is 33.3 Å². The predicted molar refractivity (Wildman–Crippen MR) is 65.2 cm³/mol. The van der Waals surface area contributed by atoms with Crippen LogP contribution in [0.5, 0.6) is 0 Å². The highest BCUT2D eigenvalue weighted by atomic mass is 79.9. The van der Waals surface area contributed by atoms with Gasteiger partial charge >= 0.3 is 0 Å². The summed E-state index contributed by atoms with van der Waals surface area (Å²) in [7, 11) is 0. The van der Waals surface area contributed by atoms with Gasteiger partial charge in [-0.1, -0.05) is 18.5 Å². The average Bonchev–Trinajstić information content (AvgIpc) is 2.59. The molecule has 0 bridgehead atoms. The van der Waals surface area contributed by atoms with Crippen LogP contribution in [-0.2, 0) is 0 Å². The maximum atomic E-state index is 5.89. The number of anilines is 1. The van der Waals surface area contributed by atoms with E-state index in [1.54, 1.807) is 0 Å². The van der Waals surface area contributed by atoms with Crippen molar-refractivity contribution in [1.29, 1.82) is 0 Å². The third kappa shape index (κ3) is 2.61. The third-order valence-corrected chi connectivity index (χ3v) is 4.05. The van der Waals surface area contributed by atoms with E-state index < -0.39 is 0 Å². The molecule has 5 heteroatoms. The zero-order chi connectivity index (χ0) is 10.8. The lowest BCUT2D eigenvalue weighted by Crippen LogP contribution is -2.16. The van der Waals surface area contributed by atoms with Crippen molar-refractivity contribution in [2.24, 2.45) is 5.92 Å². The van der Waals surface area contributed by atoms with Gasteiger partial charge in [-0.2, -0.15) is 0 Å². The minimum Gasteiger partial charge on any atom is -0.366 e. The minimum atomic E-state index is 0.457. The fraction of sp³-hybridized carbons (Fsp3) is 0.600. The second-order valence-corrected chi connectivity index (χ2v) is 5.24. The molecule has 15 heavy (non-hydrogen) atoms. The fourth-order valence-electron chi connectivity index (χ4n) is 1.98. The number of hydrogen-bond acceptors (Lipinski definition) is 3. The van der Waals surface area contributed by atoms with Gasteiger partial charge in [-0.25, -0.2) is 9.97 Å². The Bertz CT molecular complexity index is 359. The summed E-state index contributed by atoms with van der Waals surface area (Å²) in [6.45, 7) is 2.28. The highest BCUT2D eigenvalue weighted by Crippen LogP contribution is 2.31. The molecule has 0 saturated heterocycles. The van der Waals surface area contributed by atoms with Gasteiger partial charge in [0.25, 0.3) is 0 Å². The van der Waals surface area contributed by atoms with Gasteiger partial charge in [-0.05, 0) is 41.1 Å². The molecule has 1 aliphatic carbocycles. The molecular formula is C10H13BrClN3. The van der Waals surface area contributed by atoms with Gasteiger partial charge in [0.15, 0.2) is 0 Å². The van der Waals surface area contributed by atoms with E-state index in [0.717, 1.165) is 16.2 Å². The zero-order valence-electron chi connectivity index (χ0n) is 8.50. The van der Waals surface area contributed by atoms with Crippen LogP contribution in [0.1, 0.15) is 26.2 Å². The molecule has 1 fully saturated rings. The molecule has 0 spiro atoms. The van der Waals surface area contributed by atoms with Crippen molar-refractivity contribution in [2.75, 3.05) is 5.32 Å². The van der Waals surface area contributed by atoms with Crippen molar-refractivity contribution in [1.82, 2.24) is 9.97 Å². The SMILES string of the molecule is CC1CCC(Nc2ncnc(Cl)c2Br)C1. The normalized spacial score (nSPS) is 25.5. The summed E-state index contributed by atoms with van der Waals surface area (Å²) in [4.78, 5) is 8.07. The van der Waals surface area contributed by atoms with Crippen LogP contribution in [0.3, 0.4) is 0 Å². The zero-order valence-corrected chi connectivity index (χ0v) is 10.8. The summed E-state index contributed by atoms with van der Waals surface area (Å²) in [5, 5.41) is 3.85. The molecule has 0 radical (unpaired) electrons. The van der Waals surface area contributed by atoms with E-state index in [4.69, 9.17) is 11.6 Å². The first-order valence-corrected chi connectivity index (χ1v) is 6.26. The Morgan fingerprint density at radius 2 is 2.27 bits per heavy atom. The van der Waals surface area contributed by atoms with Crippen molar-refractivity contribution in [3.63, 3.8) is 0 Å². The molecule has 1 heterocycles. The number of rotatable bonds is 2. The maximum Gasteiger partial charge on any atom is 0.148 e. The summed E-state index contributed by atoms with van der Waals surface area (Å²) < 4.78 is 0.756. The molecular weight excluding hydrogens is 277 g/mol. The van der Waals surface area contributed by atoms with E-state index in [2.05, 4.69) is 38.1 Å². The molecule has 2 unspecified atom stereocenters. The number of halogens is 2. The van der Waals surface area contributed by atoms with Crippen LogP contribution in [-0.4, -0.2) is 16.0 Å². The number of nitrogens with one attached hydrogen (secondary N) is 1. The molecule has 1 N–H and O–H groups in total. The first kappa shape index (κ1) is 11.1. The van der Waals surface area contributed by atoms with E-state index in [9.17, 15) is 0 Å². The topological polar surface area (TPSA) is 37.8 Å². The minimum absolute atomic E-state index is 0.457. The summed E-state index contributed by atoms with van der Waals surface area (Å²) in [6.07, 6.45) is 5.17. The van der Waals surface area contributed by atoms with Crippen molar-refractivity contribution in [2.45, 2.75) is 32.2 Å². The first-order chi connectivity index (χ1) is 7.16. The van der Waals surface area contributed by atoms with Crippen LogP contribution in [0.4, 0.5) is 5.82 Å². The van der Waals surface area contributed by atoms with E-state index in [1.165, 1.54) is 25.6 Å². The molecule has 82 valence electrons. The largest absolute Gasteiger partial charge is 0.366 e. The van der Waals surface area contributed by atoms with E-state index in [-0.39, 0.29) is 0 Å². The highest BCUT2D eigenvalue weighted by molar-refractivity contribution is 9.10. The molecule has 1 aromatic heterocycles. The summed E-state index contributed by atoms with van der Waals surface area (Å²) in [5.41, 5.74) is 0. The molecule has 0 aromatic carbocycles. The smallest absolute Gasteiger partial charge is 0.148 e. The molecule has 2 rings (SSSR count). The lowest BCUT2D eigenvalue weighted by molar-refractivity contribution is 0.602. The molecule has 3 nitrogen and oxygen atoms in total. The second kappa shape index (κ2) is 4.66. The molecule has 0 amide bonds. The van der Waals surface area contributed by atoms with Crippen LogP contribution >= 0.6 is 27.5 Å². The lowest BCUT2D eigenvalue weighted by atomic mass is 10.1. The quantitative estimate of drug-likeness (QED) is 0.847. The van der Waals surface area contributed by atoms with E-state index in [0.29, 0.717) is 11.2 Å². The Labute approximate surface area is 103 Å². The predicted octanol–water partition coefficient (Wildman–Crippen LogP) is 3.49. The Morgan fingerprint density at radius 1 is 1.47 bits per heavy atom. The van der Waals surface area contributed by atoms with Crippen molar-refractivity contribution in [3.8, 4) is 0 Å². The Kier molecular flexibility index (Phi) is 3.46. The highest BCUT2D eigenvalue weighted by Gasteiger charge is 2.22. The number of hydrogen-bond donors (Lipinski definition) is 1. The summed E-state index contributed by atoms with van der Waals surface area (Å²) in [6, 6.07) is 0.516. The Morgan fingerprint density at radius 3 is 2.93 bits per heavy atom. The van der Waals surface area contributed by atoms with Crippen LogP contribution < -0.4 is 5.32 Å². The second-order valence-electron chi connectivity index (χ2n) is 4.09. The molecule has 1 aliphatic rings. The summed E-state index contributed by atoms with van der Waals surface area (Å²) >= 11 is 9.27.